The number of morpholine rings is 1. The largest absolute Gasteiger partial charge is 0.379 e. The molecule has 0 N–H and O–H groups in total. The van der Waals surface area contributed by atoms with Crippen LogP contribution in [0.1, 0.15) is 35.8 Å². The van der Waals surface area contributed by atoms with Crippen molar-refractivity contribution < 1.29 is 9.53 Å². The van der Waals surface area contributed by atoms with Crippen LogP contribution in [0.25, 0.3) is 0 Å². The molecule has 26 heavy (non-hydrogen) atoms. The molecule has 0 spiro atoms. The summed E-state index contributed by atoms with van der Waals surface area (Å²) >= 11 is 0. The van der Waals surface area contributed by atoms with E-state index < -0.39 is 0 Å². The van der Waals surface area contributed by atoms with Crippen molar-refractivity contribution >= 4 is 11.9 Å². The van der Waals surface area contributed by atoms with E-state index in [2.05, 4.69) is 21.8 Å². The van der Waals surface area contributed by atoms with E-state index in [4.69, 9.17) is 4.74 Å². The predicted molar refractivity (Wildman–Crippen MR) is 102 cm³/mol. The molecule has 0 bridgehead atoms. The van der Waals surface area contributed by atoms with Gasteiger partial charge in [0.1, 0.15) is 0 Å². The Morgan fingerprint density at radius 3 is 2.46 bits per heavy atom. The summed E-state index contributed by atoms with van der Waals surface area (Å²) in [6.45, 7) is 9.55. The van der Waals surface area contributed by atoms with E-state index in [-0.39, 0.29) is 5.91 Å². The minimum absolute atomic E-state index is 0.0604. The lowest BCUT2D eigenvalue weighted by atomic mass is 9.89. The Bertz CT molecular complexity index is 622. The highest BCUT2D eigenvalue weighted by Gasteiger charge is 2.31. The molecule has 0 aliphatic carbocycles. The second kappa shape index (κ2) is 8.31. The van der Waals surface area contributed by atoms with Gasteiger partial charge in [-0.15, -0.1) is 0 Å². The number of amides is 1. The third kappa shape index (κ3) is 4.15. The summed E-state index contributed by atoms with van der Waals surface area (Å²) in [5.41, 5.74) is 1.37. The van der Waals surface area contributed by atoms with Gasteiger partial charge >= 0.3 is 0 Å². The SMILES string of the molecule is Cc1nc(N(C)C)ncc1C(=O)N1CCC([C@H](C)N2CCOCC2)CC1. The Kier molecular flexibility index (Phi) is 6.09. The molecule has 3 rings (SSSR count). The van der Waals surface area contributed by atoms with Crippen LogP contribution in [0.15, 0.2) is 6.20 Å². The first-order valence-electron chi connectivity index (χ1n) is 9.59. The van der Waals surface area contributed by atoms with Crippen LogP contribution in [-0.2, 0) is 4.74 Å². The maximum absolute atomic E-state index is 12.9. The van der Waals surface area contributed by atoms with Gasteiger partial charge in [-0.1, -0.05) is 0 Å². The van der Waals surface area contributed by atoms with Crippen LogP contribution in [0, 0.1) is 12.8 Å². The highest BCUT2D eigenvalue weighted by molar-refractivity contribution is 5.95. The minimum Gasteiger partial charge on any atom is -0.379 e. The van der Waals surface area contributed by atoms with Crippen LogP contribution in [0.4, 0.5) is 5.95 Å². The number of anilines is 1. The van der Waals surface area contributed by atoms with E-state index >= 15 is 0 Å². The molecule has 144 valence electrons. The summed E-state index contributed by atoms with van der Waals surface area (Å²) < 4.78 is 5.46. The van der Waals surface area contributed by atoms with E-state index in [1.807, 2.05) is 30.8 Å². The van der Waals surface area contributed by atoms with Gasteiger partial charge in [-0.2, -0.15) is 0 Å². The van der Waals surface area contributed by atoms with Gasteiger partial charge in [0.05, 0.1) is 24.5 Å². The molecule has 1 aromatic heterocycles. The number of aromatic nitrogens is 2. The van der Waals surface area contributed by atoms with Crippen LogP contribution in [0.5, 0.6) is 0 Å². The lowest BCUT2D eigenvalue weighted by Gasteiger charge is -2.41. The summed E-state index contributed by atoms with van der Waals surface area (Å²) in [5.74, 6) is 1.34. The number of carbonyl (C=O) groups is 1. The van der Waals surface area contributed by atoms with Crippen molar-refractivity contribution in [2.24, 2.45) is 5.92 Å². The zero-order chi connectivity index (χ0) is 18.7. The average Bonchev–Trinajstić information content (AvgIpc) is 2.67. The van der Waals surface area contributed by atoms with E-state index in [0.717, 1.165) is 57.9 Å². The van der Waals surface area contributed by atoms with Crippen LogP contribution < -0.4 is 4.90 Å². The number of hydrogen-bond donors (Lipinski definition) is 0. The van der Waals surface area contributed by atoms with Crippen molar-refractivity contribution in [2.45, 2.75) is 32.7 Å². The van der Waals surface area contributed by atoms with E-state index in [9.17, 15) is 4.79 Å². The molecule has 7 nitrogen and oxygen atoms in total. The van der Waals surface area contributed by atoms with Gasteiger partial charge in [-0.25, -0.2) is 9.97 Å². The molecular formula is C19H31N5O2. The third-order valence-electron chi connectivity index (χ3n) is 5.73. The highest BCUT2D eigenvalue weighted by atomic mass is 16.5. The Morgan fingerprint density at radius 2 is 1.88 bits per heavy atom. The summed E-state index contributed by atoms with van der Waals surface area (Å²) in [6, 6.07) is 0.556. The fourth-order valence-electron chi connectivity index (χ4n) is 3.92. The molecule has 2 saturated heterocycles. The van der Waals surface area contributed by atoms with E-state index in [1.165, 1.54) is 0 Å². The summed E-state index contributed by atoms with van der Waals surface area (Å²) in [6.07, 6.45) is 3.78. The van der Waals surface area contributed by atoms with Crippen molar-refractivity contribution in [2.75, 3.05) is 58.4 Å². The van der Waals surface area contributed by atoms with Gasteiger partial charge in [-0.05, 0) is 32.6 Å². The summed E-state index contributed by atoms with van der Waals surface area (Å²) in [5, 5.41) is 0. The van der Waals surface area contributed by atoms with Gasteiger partial charge in [0.25, 0.3) is 5.91 Å². The molecule has 2 aliphatic heterocycles. The highest BCUT2D eigenvalue weighted by Crippen LogP contribution is 2.26. The van der Waals surface area contributed by atoms with Crippen molar-refractivity contribution in [1.82, 2.24) is 19.8 Å². The predicted octanol–water partition coefficient (Wildman–Crippen LogP) is 1.42. The molecule has 7 heteroatoms. The number of likely N-dealkylation sites (tertiary alicyclic amines) is 1. The van der Waals surface area contributed by atoms with E-state index in [1.54, 1.807) is 6.20 Å². The molecule has 0 aromatic carbocycles. The molecule has 3 heterocycles. The maximum Gasteiger partial charge on any atom is 0.257 e. The summed E-state index contributed by atoms with van der Waals surface area (Å²) in [4.78, 5) is 28.0. The quantitative estimate of drug-likeness (QED) is 0.808. The third-order valence-corrected chi connectivity index (χ3v) is 5.73. The number of aryl methyl sites for hydroxylation is 1. The zero-order valence-electron chi connectivity index (χ0n) is 16.4. The Morgan fingerprint density at radius 1 is 1.23 bits per heavy atom. The normalized spacial score (nSPS) is 20.8. The second-order valence-electron chi connectivity index (χ2n) is 7.58. The van der Waals surface area contributed by atoms with Crippen molar-refractivity contribution in [1.29, 1.82) is 0 Å². The number of piperidine rings is 1. The molecule has 1 aromatic rings. The number of nitrogens with zero attached hydrogens (tertiary/aromatic N) is 5. The van der Waals surface area contributed by atoms with Gasteiger partial charge in [0.2, 0.25) is 5.95 Å². The number of hydrogen-bond acceptors (Lipinski definition) is 6. The number of carbonyl (C=O) groups excluding carboxylic acids is 1. The maximum atomic E-state index is 12.9. The molecule has 0 unspecified atom stereocenters. The van der Waals surface area contributed by atoms with Gasteiger partial charge in [0.15, 0.2) is 0 Å². The number of rotatable bonds is 4. The van der Waals surface area contributed by atoms with Gasteiger partial charge < -0.3 is 14.5 Å². The molecule has 2 fully saturated rings. The smallest absolute Gasteiger partial charge is 0.257 e. The monoisotopic (exact) mass is 361 g/mol. The first kappa shape index (κ1) is 19.0. The Hall–Kier alpha value is -1.73. The lowest BCUT2D eigenvalue weighted by molar-refractivity contribution is -0.000959. The lowest BCUT2D eigenvalue weighted by Crippen LogP contribution is -2.49. The van der Waals surface area contributed by atoms with Crippen LogP contribution >= 0.6 is 0 Å². The Labute approximate surface area is 156 Å². The number of ether oxygens (including phenoxy) is 1. The van der Waals surface area contributed by atoms with E-state index in [0.29, 0.717) is 23.5 Å². The van der Waals surface area contributed by atoms with Crippen molar-refractivity contribution in [3.8, 4) is 0 Å². The van der Waals surface area contributed by atoms with Crippen molar-refractivity contribution in [3.05, 3.63) is 17.5 Å². The van der Waals surface area contributed by atoms with Gasteiger partial charge in [0, 0.05) is 52.5 Å². The molecular weight excluding hydrogens is 330 g/mol. The van der Waals surface area contributed by atoms with Crippen LogP contribution in [-0.4, -0.2) is 85.2 Å². The van der Waals surface area contributed by atoms with Crippen molar-refractivity contribution in [3.63, 3.8) is 0 Å². The Balaban J connectivity index is 1.58. The molecule has 2 aliphatic rings. The molecule has 1 atom stereocenters. The standard InChI is InChI=1S/C19H31N5O2/c1-14-17(13-20-19(21-14)22(3)4)18(25)24-7-5-16(6-8-24)15(2)23-9-11-26-12-10-23/h13,15-16H,5-12H2,1-4H3/t15-/m0/s1. The topological polar surface area (TPSA) is 61.8 Å². The van der Waals surface area contributed by atoms with Crippen LogP contribution in [0.2, 0.25) is 0 Å². The fourth-order valence-corrected chi connectivity index (χ4v) is 3.92. The summed E-state index contributed by atoms with van der Waals surface area (Å²) in [7, 11) is 3.80. The zero-order valence-corrected chi connectivity index (χ0v) is 16.4. The molecule has 0 saturated carbocycles. The van der Waals surface area contributed by atoms with Gasteiger partial charge in [-0.3, -0.25) is 9.69 Å². The second-order valence-corrected chi connectivity index (χ2v) is 7.58. The fraction of sp³-hybridized carbons (Fsp3) is 0.737. The average molecular weight is 361 g/mol. The molecule has 1 amide bonds. The molecule has 0 radical (unpaired) electrons. The first-order chi connectivity index (χ1) is 12.5. The minimum atomic E-state index is 0.0604. The van der Waals surface area contributed by atoms with Crippen LogP contribution in [0.3, 0.4) is 0 Å². The first-order valence-corrected chi connectivity index (χ1v) is 9.59.